The predicted octanol–water partition coefficient (Wildman–Crippen LogP) is 2.71. The highest BCUT2D eigenvalue weighted by atomic mass is 32.1. The highest BCUT2D eigenvalue weighted by Crippen LogP contribution is 2.29. The Labute approximate surface area is 118 Å². The number of carbonyl (C=O) groups excluding carboxylic acids is 1. The van der Waals surface area contributed by atoms with Gasteiger partial charge in [-0.3, -0.25) is 10.1 Å². The molecule has 5 heteroatoms. The third-order valence-corrected chi connectivity index (χ3v) is 4.22. The average Bonchev–Trinajstić information content (AvgIpc) is 2.88. The zero-order chi connectivity index (χ0) is 13.8. The van der Waals surface area contributed by atoms with Gasteiger partial charge in [-0.05, 0) is 42.6 Å². The van der Waals surface area contributed by atoms with Gasteiger partial charge in [-0.15, -0.1) is 0 Å². The summed E-state index contributed by atoms with van der Waals surface area (Å²) in [6.07, 6.45) is 5.04. The lowest BCUT2D eigenvalue weighted by Gasteiger charge is -2.35. The molecule has 2 rings (SSSR count). The van der Waals surface area contributed by atoms with Crippen LogP contribution in [0.2, 0.25) is 0 Å². The molecule has 0 radical (unpaired) electrons. The van der Waals surface area contributed by atoms with E-state index in [9.17, 15) is 4.79 Å². The van der Waals surface area contributed by atoms with Crippen molar-refractivity contribution in [2.24, 2.45) is 11.8 Å². The lowest BCUT2D eigenvalue weighted by Crippen LogP contribution is -2.49. The highest BCUT2D eigenvalue weighted by molar-refractivity contribution is 7.80. The first kappa shape index (κ1) is 14.1. The molecule has 0 spiro atoms. The van der Waals surface area contributed by atoms with Crippen LogP contribution in [0.4, 0.5) is 0 Å². The number of nitrogens with one attached hydrogen (secondary N) is 2. The van der Waals surface area contributed by atoms with E-state index in [-0.39, 0.29) is 11.7 Å². The smallest absolute Gasteiger partial charge is 0.293 e. The summed E-state index contributed by atoms with van der Waals surface area (Å²) in [5.41, 5.74) is 0. The van der Waals surface area contributed by atoms with Gasteiger partial charge in [-0.25, -0.2) is 0 Å². The van der Waals surface area contributed by atoms with Crippen LogP contribution < -0.4 is 10.6 Å². The Morgan fingerprint density at radius 3 is 2.89 bits per heavy atom. The molecular weight excluding hydrogens is 260 g/mol. The van der Waals surface area contributed by atoms with E-state index in [0.717, 1.165) is 6.42 Å². The largest absolute Gasteiger partial charge is 0.459 e. The van der Waals surface area contributed by atoms with Gasteiger partial charge < -0.3 is 9.73 Å². The lowest BCUT2D eigenvalue weighted by molar-refractivity contribution is 0.0948. The minimum absolute atomic E-state index is 0.272. The van der Waals surface area contributed by atoms with E-state index < -0.39 is 0 Å². The van der Waals surface area contributed by atoms with Crippen molar-refractivity contribution in [2.75, 3.05) is 0 Å². The summed E-state index contributed by atoms with van der Waals surface area (Å²) in [7, 11) is 0. The predicted molar refractivity (Wildman–Crippen MR) is 77.9 cm³/mol. The third kappa shape index (κ3) is 3.56. The Hall–Kier alpha value is -1.36. The van der Waals surface area contributed by atoms with Gasteiger partial charge >= 0.3 is 0 Å². The first-order valence-corrected chi connectivity index (χ1v) is 7.14. The monoisotopic (exact) mass is 280 g/mol. The molecule has 1 amide bonds. The minimum Gasteiger partial charge on any atom is -0.459 e. The lowest BCUT2D eigenvalue weighted by atomic mass is 9.78. The summed E-state index contributed by atoms with van der Waals surface area (Å²) in [6, 6.07) is 3.63. The Morgan fingerprint density at radius 1 is 1.42 bits per heavy atom. The first-order chi connectivity index (χ1) is 9.08. The summed E-state index contributed by atoms with van der Waals surface area (Å²) in [6.45, 7) is 4.50. The number of thiocarbonyl (C=S) groups is 1. The maximum Gasteiger partial charge on any atom is 0.293 e. The maximum atomic E-state index is 11.8. The number of hydrogen-bond acceptors (Lipinski definition) is 3. The second kappa shape index (κ2) is 6.19. The zero-order valence-corrected chi connectivity index (χ0v) is 12.1. The van der Waals surface area contributed by atoms with Gasteiger partial charge in [-0.2, -0.15) is 0 Å². The number of amides is 1. The summed E-state index contributed by atoms with van der Waals surface area (Å²) >= 11 is 5.19. The molecule has 1 saturated carbocycles. The SMILES string of the molecule is C[C@H]1[C@H](C)CCC[C@H]1NC(=S)NC(=O)c1ccco1. The Morgan fingerprint density at radius 2 is 2.21 bits per heavy atom. The second-order valence-electron chi connectivity index (χ2n) is 5.28. The second-order valence-corrected chi connectivity index (χ2v) is 5.69. The molecule has 4 nitrogen and oxygen atoms in total. The fourth-order valence-corrected chi connectivity index (χ4v) is 2.81. The van der Waals surface area contributed by atoms with Crippen molar-refractivity contribution in [3.05, 3.63) is 24.2 Å². The van der Waals surface area contributed by atoms with E-state index in [1.54, 1.807) is 12.1 Å². The number of carbonyl (C=O) groups is 1. The topological polar surface area (TPSA) is 54.3 Å². The van der Waals surface area contributed by atoms with Gasteiger partial charge in [0.25, 0.3) is 5.91 Å². The molecule has 2 N–H and O–H groups in total. The molecule has 1 aromatic heterocycles. The van der Waals surface area contributed by atoms with E-state index in [4.69, 9.17) is 16.6 Å². The van der Waals surface area contributed by atoms with Gasteiger partial charge in [0.1, 0.15) is 0 Å². The molecule has 104 valence electrons. The number of furan rings is 1. The molecule has 0 aromatic carbocycles. The summed E-state index contributed by atoms with van der Waals surface area (Å²) in [4.78, 5) is 11.8. The van der Waals surface area contributed by atoms with Crippen molar-refractivity contribution in [2.45, 2.75) is 39.2 Å². The molecule has 0 bridgehead atoms. The molecule has 0 aliphatic heterocycles. The highest BCUT2D eigenvalue weighted by Gasteiger charge is 2.27. The average molecular weight is 280 g/mol. The van der Waals surface area contributed by atoms with Crippen LogP contribution >= 0.6 is 12.2 Å². The molecule has 1 fully saturated rings. The van der Waals surface area contributed by atoms with Crippen LogP contribution in [0.15, 0.2) is 22.8 Å². The van der Waals surface area contributed by atoms with E-state index in [1.807, 2.05) is 0 Å². The maximum absolute atomic E-state index is 11.8. The fraction of sp³-hybridized carbons (Fsp3) is 0.571. The molecule has 1 aromatic rings. The van der Waals surface area contributed by atoms with Gasteiger partial charge in [0.05, 0.1) is 6.26 Å². The number of hydrogen-bond donors (Lipinski definition) is 2. The van der Waals surface area contributed by atoms with Crippen molar-refractivity contribution in [3.63, 3.8) is 0 Å². The van der Waals surface area contributed by atoms with Crippen molar-refractivity contribution >= 4 is 23.2 Å². The fourth-order valence-electron chi connectivity index (χ4n) is 2.56. The van der Waals surface area contributed by atoms with E-state index >= 15 is 0 Å². The minimum atomic E-state index is -0.306. The molecule has 1 aliphatic rings. The van der Waals surface area contributed by atoms with Crippen LogP contribution in [0.25, 0.3) is 0 Å². The summed E-state index contributed by atoms with van der Waals surface area (Å²) < 4.78 is 5.02. The normalized spacial score (nSPS) is 26.7. The van der Waals surface area contributed by atoms with Crippen LogP contribution in [0, 0.1) is 11.8 Å². The molecular formula is C14H20N2O2S. The van der Waals surface area contributed by atoms with Crippen LogP contribution in [0.5, 0.6) is 0 Å². The van der Waals surface area contributed by atoms with Crippen molar-refractivity contribution in [1.29, 1.82) is 0 Å². The van der Waals surface area contributed by atoms with Gasteiger partial charge in [-0.1, -0.05) is 26.7 Å². The summed E-state index contributed by atoms with van der Waals surface area (Å²) in [5, 5.41) is 6.28. The molecule has 0 saturated heterocycles. The quantitative estimate of drug-likeness (QED) is 0.818. The Bertz CT molecular complexity index is 444. The molecule has 3 atom stereocenters. The van der Waals surface area contributed by atoms with E-state index in [1.165, 1.54) is 19.1 Å². The molecule has 19 heavy (non-hydrogen) atoms. The Balaban J connectivity index is 1.86. The van der Waals surface area contributed by atoms with Crippen molar-refractivity contribution < 1.29 is 9.21 Å². The Kier molecular flexibility index (Phi) is 4.58. The zero-order valence-electron chi connectivity index (χ0n) is 11.3. The van der Waals surface area contributed by atoms with Crippen LogP contribution in [0.3, 0.4) is 0 Å². The number of rotatable bonds is 2. The molecule has 1 heterocycles. The van der Waals surface area contributed by atoms with Gasteiger partial charge in [0, 0.05) is 6.04 Å². The van der Waals surface area contributed by atoms with E-state index in [0.29, 0.717) is 23.0 Å². The third-order valence-electron chi connectivity index (χ3n) is 4.00. The van der Waals surface area contributed by atoms with Crippen molar-refractivity contribution in [3.8, 4) is 0 Å². The van der Waals surface area contributed by atoms with Crippen LogP contribution in [-0.2, 0) is 0 Å². The van der Waals surface area contributed by atoms with Crippen LogP contribution in [-0.4, -0.2) is 17.1 Å². The summed E-state index contributed by atoms with van der Waals surface area (Å²) in [5.74, 6) is 1.22. The van der Waals surface area contributed by atoms with Crippen molar-refractivity contribution in [1.82, 2.24) is 10.6 Å². The first-order valence-electron chi connectivity index (χ1n) is 6.73. The standard InChI is InChI=1S/C14H20N2O2S/c1-9-5-3-6-11(10(9)2)15-14(19)16-13(17)12-7-4-8-18-12/h4,7-11H,3,5-6H2,1-2H3,(H2,15,16,17,19)/t9-,10+,11-/m1/s1. The molecule has 0 unspecified atom stereocenters. The van der Waals surface area contributed by atoms with Gasteiger partial charge in [0.15, 0.2) is 10.9 Å². The van der Waals surface area contributed by atoms with E-state index in [2.05, 4.69) is 24.5 Å². The van der Waals surface area contributed by atoms with Crippen LogP contribution in [0.1, 0.15) is 43.7 Å². The van der Waals surface area contributed by atoms with Gasteiger partial charge in [0.2, 0.25) is 0 Å². The molecule has 1 aliphatic carbocycles.